The zero-order chi connectivity index (χ0) is 22.4. The molecule has 2 heterocycles. The third-order valence-corrected chi connectivity index (χ3v) is 5.94. The Balaban J connectivity index is 1.76. The number of fused-ring (bicyclic) bond motifs is 1. The zero-order valence-corrected chi connectivity index (χ0v) is 19.0. The maximum Gasteiger partial charge on any atom is 0.266 e. The number of aromatic nitrogens is 1. The molecule has 1 aliphatic rings. The fourth-order valence-corrected chi connectivity index (χ4v) is 4.13. The summed E-state index contributed by atoms with van der Waals surface area (Å²) in [5.74, 6) is -0.367. The predicted molar refractivity (Wildman–Crippen MR) is 119 cm³/mol. The lowest BCUT2D eigenvalue weighted by Crippen LogP contribution is -2.45. The van der Waals surface area contributed by atoms with Gasteiger partial charge < -0.3 is 20.3 Å². The molecule has 0 fully saturated rings. The second kappa shape index (κ2) is 10.6. The summed E-state index contributed by atoms with van der Waals surface area (Å²) < 4.78 is 5.78. The van der Waals surface area contributed by atoms with Gasteiger partial charge in [0.05, 0.1) is 29.4 Å². The van der Waals surface area contributed by atoms with Crippen molar-refractivity contribution in [1.82, 2.24) is 20.5 Å². The summed E-state index contributed by atoms with van der Waals surface area (Å²) in [7, 11) is 0. The highest BCUT2D eigenvalue weighted by molar-refractivity contribution is 7.11. The zero-order valence-electron chi connectivity index (χ0n) is 17.4. The van der Waals surface area contributed by atoms with Crippen LogP contribution in [0.2, 0.25) is 5.02 Å². The van der Waals surface area contributed by atoms with Gasteiger partial charge in [-0.3, -0.25) is 14.4 Å². The molecule has 0 aliphatic carbocycles. The topological polar surface area (TPSA) is 101 Å². The number of thiazole rings is 1. The molecule has 2 N–H and O–H groups in total. The fourth-order valence-electron chi connectivity index (χ4n) is 3.18. The predicted octanol–water partition coefficient (Wildman–Crippen LogP) is 2.65. The minimum absolute atomic E-state index is 0.0565. The Hall–Kier alpha value is -2.65. The Bertz CT molecular complexity index is 965. The smallest absolute Gasteiger partial charge is 0.266 e. The highest BCUT2D eigenvalue weighted by Gasteiger charge is 2.23. The first-order chi connectivity index (χ1) is 14.8. The highest BCUT2D eigenvalue weighted by atomic mass is 35.5. The van der Waals surface area contributed by atoms with Crippen LogP contribution in [-0.4, -0.2) is 59.9 Å². The molecule has 0 saturated carbocycles. The number of carbonyl (C=O) groups excluding carboxylic acids is 3. The lowest BCUT2D eigenvalue weighted by molar-refractivity contribution is -0.122. The van der Waals surface area contributed by atoms with E-state index in [1.165, 1.54) is 16.2 Å². The summed E-state index contributed by atoms with van der Waals surface area (Å²) in [5, 5.41) is 6.15. The van der Waals surface area contributed by atoms with Crippen molar-refractivity contribution in [2.75, 3.05) is 26.2 Å². The van der Waals surface area contributed by atoms with E-state index in [1.54, 1.807) is 37.6 Å². The molecule has 2 aromatic rings. The third-order valence-electron chi connectivity index (χ3n) is 4.78. The fraction of sp³-hybridized carbons (Fsp3) is 0.429. The van der Waals surface area contributed by atoms with Gasteiger partial charge in [0.2, 0.25) is 5.91 Å². The molecule has 0 bridgehead atoms. The van der Waals surface area contributed by atoms with Crippen molar-refractivity contribution in [3.8, 4) is 5.75 Å². The lowest BCUT2D eigenvalue weighted by atomic mass is 10.2. The van der Waals surface area contributed by atoms with E-state index >= 15 is 0 Å². The van der Waals surface area contributed by atoms with Gasteiger partial charge in [-0.1, -0.05) is 11.6 Å². The van der Waals surface area contributed by atoms with E-state index < -0.39 is 0 Å². The van der Waals surface area contributed by atoms with Crippen molar-refractivity contribution in [1.29, 1.82) is 0 Å². The standard InChI is InChI=1S/C21H25ClN4O4S/c1-13-11-30-17-6-5-15(22)9-16(17)20(28)23-7-3-4-8-26(10-18(27)25-13)21(29)19-14(2)24-12-31-19/h5-6,9,12-13H,3-4,7-8,10-11H2,1-2H3,(H,23,28)(H,25,27)/t13-/m1/s1. The summed E-state index contributed by atoms with van der Waals surface area (Å²) in [4.78, 5) is 44.3. The first-order valence-corrected chi connectivity index (χ1v) is 11.3. The first kappa shape index (κ1) is 23.0. The van der Waals surface area contributed by atoms with Crippen LogP contribution in [0.5, 0.6) is 5.75 Å². The SMILES string of the molecule is Cc1ncsc1C(=O)N1CCCCNC(=O)c2cc(Cl)ccc2OC[C@@H](C)NC(=O)C1. The number of amides is 3. The number of hydrogen-bond acceptors (Lipinski definition) is 6. The summed E-state index contributed by atoms with van der Waals surface area (Å²) >= 11 is 7.31. The summed E-state index contributed by atoms with van der Waals surface area (Å²) in [6, 6.07) is 4.52. The number of carbonyl (C=O) groups is 3. The van der Waals surface area contributed by atoms with E-state index in [2.05, 4.69) is 15.6 Å². The van der Waals surface area contributed by atoms with Gasteiger partial charge in [0.1, 0.15) is 17.2 Å². The van der Waals surface area contributed by atoms with Crippen LogP contribution in [0.1, 0.15) is 45.5 Å². The maximum absolute atomic E-state index is 12.9. The molecule has 1 atom stereocenters. The summed E-state index contributed by atoms with van der Waals surface area (Å²) in [6.07, 6.45) is 1.28. The van der Waals surface area contributed by atoms with Gasteiger partial charge in [-0.05, 0) is 44.9 Å². The van der Waals surface area contributed by atoms with Crippen LogP contribution >= 0.6 is 22.9 Å². The van der Waals surface area contributed by atoms with Crippen molar-refractivity contribution in [3.63, 3.8) is 0 Å². The molecule has 0 radical (unpaired) electrons. The number of nitrogens with one attached hydrogen (secondary N) is 2. The van der Waals surface area contributed by atoms with Crippen LogP contribution in [0.25, 0.3) is 0 Å². The summed E-state index contributed by atoms with van der Waals surface area (Å²) in [6.45, 7) is 4.50. The second-order valence-corrected chi connectivity index (χ2v) is 8.67. The second-order valence-electron chi connectivity index (χ2n) is 7.38. The Labute approximate surface area is 189 Å². The van der Waals surface area contributed by atoms with E-state index in [9.17, 15) is 14.4 Å². The normalized spacial score (nSPS) is 18.7. The molecule has 3 amide bonds. The molecule has 10 heteroatoms. The minimum Gasteiger partial charge on any atom is -0.491 e. The molecule has 3 rings (SSSR count). The van der Waals surface area contributed by atoms with E-state index in [4.69, 9.17) is 16.3 Å². The van der Waals surface area contributed by atoms with Crippen molar-refractivity contribution >= 4 is 40.7 Å². The van der Waals surface area contributed by atoms with Crippen LogP contribution in [0.3, 0.4) is 0 Å². The van der Waals surface area contributed by atoms with Crippen molar-refractivity contribution in [2.45, 2.75) is 32.7 Å². The Morgan fingerprint density at radius 2 is 2.13 bits per heavy atom. The average Bonchev–Trinajstić information content (AvgIpc) is 3.16. The van der Waals surface area contributed by atoms with E-state index in [-0.39, 0.29) is 36.9 Å². The molecule has 0 saturated heterocycles. The lowest BCUT2D eigenvalue weighted by Gasteiger charge is -2.23. The third kappa shape index (κ3) is 6.18. The van der Waals surface area contributed by atoms with Crippen molar-refractivity contribution in [3.05, 3.63) is 44.9 Å². The van der Waals surface area contributed by atoms with Gasteiger partial charge >= 0.3 is 0 Å². The van der Waals surface area contributed by atoms with Crippen LogP contribution in [0.15, 0.2) is 23.7 Å². The Morgan fingerprint density at radius 3 is 2.87 bits per heavy atom. The maximum atomic E-state index is 12.9. The molecule has 0 spiro atoms. The quantitative estimate of drug-likeness (QED) is 0.675. The van der Waals surface area contributed by atoms with Gasteiger partial charge in [-0.25, -0.2) is 4.98 Å². The number of ether oxygens (including phenoxy) is 1. The molecular weight excluding hydrogens is 440 g/mol. The minimum atomic E-state index is -0.327. The number of halogens is 1. The van der Waals surface area contributed by atoms with Gasteiger partial charge in [0.15, 0.2) is 0 Å². The number of aryl methyl sites for hydroxylation is 1. The van der Waals surface area contributed by atoms with Crippen molar-refractivity contribution < 1.29 is 19.1 Å². The molecular formula is C21H25ClN4O4S. The number of rotatable bonds is 1. The van der Waals surface area contributed by atoms with E-state index in [0.717, 1.165) is 0 Å². The molecule has 1 aromatic carbocycles. The Kier molecular flexibility index (Phi) is 7.86. The molecule has 1 aliphatic heterocycles. The van der Waals surface area contributed by atoms with Crippen molar-refractivity contribution in [2.24, 2.45) is 0 Å². The number of hydrogen-bond donors (Lipinski definition) is 2. The van der Waals surface area contributed by atoms with E-state index in [1.807, 2.05) is 0 Å². The van der Waals surface area contributed by atoms with E-state index in [0.29, 0.717) is 52.8 Å². The molecule has 166 valence electrons. The van der Waals surface area contributed by atoms with Crippen LogP contribution in [0.4, 0.5) is 0 Å². The largest absolute Gasteiger partial charge is 0.491 e. The Morgan fingerprint density at radius 1 is 1.32 bits per heavy atom. The van der Waals surface area contributed by atoms with Gasteiger partial charge in [0.25, 0.3) is 11.8 Å². The molecule has 8 nitrogen and oxygen atoms in total. The number of nitrogens with zero attached hydrogens (tertiary/aromatic N) is 2. The first-order valence-electron chi connectivity index (χ1n) is 10.0. The monoisotopic (exact) mass is 464 g/mol. The molecule has 0 unspecified atom stereocenters. The highest BCUT2D eigenvalue weighted by Crippen LogP contribution is 2.23. The van der Waals surface area contributed by atoms with Crippen LogP contribution in [0, 0.1) is 6.92 Å². The average molecular weight is 465 g/mol. The summed E-state index contributed by atoms with van der Waals surface area (Å²) in [5.41, 5.74) is 2.62. The number of benzene rings is 1. The van der Waals surface area contributed by atoms with Gasteiger partial charge in [-0.15, -0.1) is 11.3 Å². The van der Waals surface area contributed by atoms with Crippen LogP contribution < -0.4 is 15.4 Å². The van der Waals surface area contributed by atoms with Crippen LogP contribution in [-0.2, 0) is 4.79 Å². The molecule has 1 aromatic heterocycles. The van der Waals surface area contributed by atoms with Gasteiger partial charge in [0, 0.05) is 18.1 Å². The molecule has 31 heavy (non-hydrogen) atoms. The van der Waals surface area contributed by atoms with Gasteiger partial charge in [-0.2, -0.15) is 0 Å².